The van der Waals surface area contributed by atoms with E-state index in [1.165, 1.54) is 4.80 Å². The van der Waals surface area contributed by atoms with Gasteiger partial charge in [0.1, 0.15) is 11.8 Å². The van der Waals surface area contributed by atoms with E-state index < -0.39 is 0 Å². The Morgan fingerprint density at radius 3 is 2.66 bits per heavy atom. The fourth-order valence-corrected chi connectivity index (χ4v) is 4.56. The number of piperidine rings is 1. The van der Waals surface area contributed by atoms with Gasteiger partial charge in [-0.3, -0.25) is 4.79 Å². The molecular formula is C21H22N6O2. The number of likely N-dealkylation sites (tertiary alicyclic amines) is 1. The first kappa shape index (κ1) is 17.8. The third-order valence-electron chi connectivity index (χ3n) is 6.00. The largest absolute Gasteiger partial charge is 0.472 e. The van der Waals surface area contributed by atoms with Crippen LogP contribution >= 0.6 is 0 Å². The Bertz CT molecular complexity index is 1020. The highest BCUT2D eigenvalue weighted by molar-refractivity contribution is 5.96. The highest BCUT2D eigenvalue weighted by Crippen LogP contribution is 2.44. The first-order chi connectivity index (χ1) is 14.1. The molecule has 5 rings (SSSR count). The number of pyridine rings is 2. The molecule has 0 spiro atoms. The van der Waals surface area contributed by atoms with E-state index >= 15 is 0 Å². The number of amides is 1. The number of fused-ring (bicyclic) bond motifs is 2. The van der Waals surface area contributed by atoms with Gasteiger partial charge in [0, 0.05) is 24.5 Å². The molecule has 1 saturated carbocycles. The Hall–Kier alpha value is -3.29. The maximum absolute atomic E-state index is 13.5. The minimum atomic E-state index is -0.108. The second-order valence-corrected chi connectivity index (χ2v) is 7.77. The average Bonchev–Trinajstić information content (AvgIpc) is 3.46. The summed E-state index contributed by atoms with van der Waals surface area (Å²) in [6.45, 7) is 4.10. The zero-order chi connectivity index (χ0) is 20.0. The standard InChI is InChI=1S/C21H22N6O2/c1-13-5-6-19(23-12-13)29-18-11-15-10-17(18)26(14(15)2)21(28)20-16(4-3-7-22-20)27-24-8-9-25-27/h3-9,12,14-15,17-18H,10-11H2,1-2H3. The molecule has 8 heteroatoms. The molecule has 2 aliphatic rings. The fourth-order valence-electron chi connectivity index (χ4n) is 4.56. The molecule has 4 heterocycles. The first-order valence-electron chi connectivity index (χ1n) is 9.85. The van der Waals surface area contributed by atoms with Gasteiger partial charge in [-0.25, -0.2) is 9.97 Å². The molecular weight excluding hydrogens is 368 g/mol. The lowest BCUT2D eigenvalue weighted by molar-refractivity contribution is 0.0309. The van der Waals surface area contributed by atoms with Crippen LogP contribution in [-0.2, 0) is 0 Å². The molecule has 1 amide bonds. The summed E-state index contributed by atoms with van der Waals surface area (Å²) in [5.74, 6) is 0.907. The van der Waals surface area contributed by atoms with Gasteiger partial charge in [-0.2, -0.15) is 10.2 Å². The number of hydrogen-bond acceptors (Lipinski definition) is 6. The van der Waals surface area contributed by atoms with Crippen LogP contribution in [-0.4, -0.2) is 54.0 Å². The monoisotopic (exact) mass is 390 g/mol. The first-order valence-corrected chi connectivity index (χ1v) is 9.85. The fraction of sp³-hybridized carbons (Fsp3) is 0.381. The van der Waals surface area contributed by atoms with E-state index in [1.807, 2.05) is 30.0 Å². The van der Waals surface area contributed by atoms with Gasteiger partial charge in [0.2, 0.25) is 5.88 Å². The minimum Gasteiger partial charge on any atom is -0.472 e. The zero-order valence-electron chi connectivity index (χ0n) is 16.3. The van der Waals surface area contributed by atoms with Crippen molar-refractivity contribution in [1.82, 2.24) is 29.9 Å². The molecule has 4 unspecified atom stereocenters. The summed E-state index contributed by atoms with van der Waals surface area (Å²) in [6.07, 6.45) is 8.40. The van der Waals surface area contributed by atoms with Gasteiger partial charge in [0.25, 0.3) is 5.91 Å². The zero-order valence-corrected chi connectivity index (χ0v) is 16.3. The molecule has 1 aliphatic heterocycles. The maximum atomic E-state index is 13.5. The second kappa shape index (κ2) is 6.95. The molecule has 8 nitrogen and oxygen atoms in total. The average molecular weight is 390 g/mol. The highest BCUT2D eigenvalue weighted by Gasteiger charge is 2.53. The number of carbonyl (C=O) groups is 1. The molecule has 2 bridgehead atoms. The van der Waals surface area contributed by atoms with Crippen molar-refractivity contribution >= 4 is 5.91 Å². The Morgan fingerprint density at radius 1 is 1.10 bits per heavy atom. The van der Waals surface area contributed by atoms with Crippen molar-refractivity contribution in [2.75, 3.05) is 0 Å². The quantitative estimate of drug-likeness (QED) is 0.680. The van der Waals surface area contributed by atoms with Gasteiger partial charge in [-0.15, -0.1) is 4.80 Å². The molecule has 0 N–H and O–H groups in total. The van der Waals surface area contributed by atoms with Gasteiger partial charge in [-0.1, -0.05) is 6.07 Å². The normalized spacial score (nSPS) is 25.4. The summed E-state index contributed by atoms with van der Waals surface area (Å²) < 4.78 is 6.18. The van der Waals surface area contributed by atoms with Crippen molar-refractivity contribution in [1.29, 1.82) is 0 Å². The molecule has 2 fully saturated rings. The third kappa shape index (κ3) is 3.04. The minimum absolute atomic E-state index is 0.00559. The number of aryl methyl sites for hydroxylation is 1. The lowest BCUT2D eigenvalue weighted by Gasteiger charge is -2.37. The van der Waals surface area contributed by atoms with Gasteiger partial charge >= 0.3 is 0 Å². The summed E-state index contributed by atoms with van der Waals surface area (Å²) in [4.78, 5) is 25.6. The number of carbonyl (C=O) groups excluding carboxylic acids is 1. The van der Waals surface area contributed by atoms with Crippen molar-refractivity contribution in [3.63, 3.8) is 0 Å². The Kier molecular flexibility index (Phi) is 4.26. The molecule has 148 valence electrons. The summed E-state index contributed by atoms with van der Waals surface area (Å²) in [7, 11) is 0. The molecule has 1 saturated heterocycles. The van der Waals surface area contributed by atoms with Crippen LogP contribution < -0.4 is 4.74 Å². The molecule has 3 aromatic rings. The number of hydrogen-bond donors (Lipinski definition) is 0. The van der Waals surface area contributed by atoms with Crippen LogP contribution in [0.4, 0.5) is 0 Å². The summed E-state index contributed by atoms with van der Waals surface area (Å²) in [5, 5.41) is 8.33. The summed E-state index contributed by atoms with van der Waals surface area (Å²) in [5.41, 5.74) is 2.02. The molecule has 29 heavy (non-hydrogen) atoms. The predicted molar refractivity (Wildman–Crippen MR) is 105 cm³/mol. The van der Waals surface area contributed by atoms with Crippen LogP contribution in [0.1, 0.15) is 35.8 Å². The van der Waals surface area contributed by atoms with E-state index in [4.69, 9.17) is 4.74 Å². The Labute approximate surface area is 168 Å². The molecule has 1 aliphatic carbocycles. The van der Waals surface area contributed by atoms with Gasteiger partial charge in [0.15, 0.2) is 5.69 Å². The van der Waals surface area contributed by atoms with E-state index in [-0.39, 0.29) is 24.1 Å². The van der Waals surface area contributed by atoms with Gasteiger partial charge in [0.05, 0.1) is 18.4 Å². The van der Waals surface area contributed by atoms with Gasteiger partial charge < -0.3 is 9.64 Å². The van der Waals surface area contributed by atoms with Crippen molar-refractivity contribution < 1.29 is 9.53 Å². The van der Waals surface area contributed by atoms with E-state index in [9.17, 15) is 4.79 Å². The van der Waals surface area contributed by atoms with Crippen LogP contribution in [0.25, 0.3) is 5.69 Å². The van der Waals surface area contributed by atoms with E-state index in [1.54, 1.807) is 30.9 Å². The lowest BCUT2D eigenvalue weighted by atomic mass is 9.98. The Balaban J connectivity index is 1.42. The molecule has 0 radical (unpaired) electrons. The van der Waals surface area contributed by atoms with Crippen LogP contribution in [0.5, 0.6) is 5.88 Å². The number of ether oxygens (including phenoxy) is 1. The molecule has 4 atom stereocenters. The van der Waals surface area contributed by atoms with Crippen LogP contribution in [0.2, 0.25) is 0 Å². The second-order valence-electron chi connectivity index (χ2n) is 7.77. The molecule has 3 aromatic heterocycles. The topological polar surface area (TPSA) is 86.0 Å². The van der Waals surface area contributed by atoms with Crippen molar-refractivity contribution in [3.05, 3.63) is 60.3 Å². The van der Waals surface area contributed by atoms with E-state index in [2.05, 4.69) is 27.1 Å². The highest BCUT2D eigenvalue weighted by atomic mass is 16.5. The van der Waals surface area contributed by atoms with Crippen molar-refractivity contribution in [3.8, 4) is 11.6 Å². The van der Waals surface area contributed by atoms with Crippen molar-refractivity contribution in [2.24, 2.45) is 5.92 Å². The lowest BCUT2D eigenvalue weighted by Crippen LogP contribution is -2.51. The number of nitrogens with zero attached hydrogens (tertiary/aromatic N) is 6. The number of rotatable bonds is 4. The van der Waals surface area contributed by atoms with Crippen LogP contribution in [0.15, 0.2) is 49.1 Å². The van der Waals surface area contributed by atoms with E-state index in [0.29, 0.717) is 23.2 Å². The van der Waals surface area contributed by atoms with Crippen LogP contribution in [0, 0.1) is 12.8 Å². The Morgan fingerprint density at radius 2 is 1.93 bits per heavy atom. The van der Waals surface area contributed by atoms with Crippen LogP contribution in [0.3, 0.4) is 0 Å². The maximum Gasteiger partial charge on any atom is 0.275 e. The summed E-state index contributed by atoms with van der Waals surface area (Å²) >= 11 is 0. The summed E-state index contributed by atoms with van der Waals surface area (Å²) in [6, 6.07) is 7.60. The number of aromatic nitrogens is 5. The van der Waals surface area contributed by atoms with Crippen molar-refractivity contribution in [2.45, 2.75) is 44.9 Å². The predicted octanol–water partition coefficient (Wildman–Crippen LogP) is 2.44. The SMILES string of the molecule is Cc1ccc(OC2CC3CC2N(C(=O)c2ncccc2-n2nccn2)C3C)nc1. The smallest absolute Gasteiger partial charge is 0.275 e. The molecule has 0 aromatic carbocycles. The third-order valence-corrected chi connectivity index (χ3v) is 6.00. The van der Waals surface area contributed by atoms with Gasteiger partial charge in [-0.05, 0) is 50.3 Å². The van der Waals surface area contributed by atoms with E-state index in [0.717, 1.165) is 18.4 Å².